The number of fused-ring (bicyclic) bond motifs is 1. The Kier molecular flexibility index (Phi) is 3.49. The lowest BCUT2D eigenvalue weighted by molar-refractivity contribution is 0.401. The zero-order valence-corrected chi connectivity index (χ0v) is 10.3. The molecule has 1 aliphatic carbocycles. The summed E-state index contributed by atoms with van der Waals surface area (Å²) in [7, 11) is 0. The molecule has 0 radical (unpaired) electrons. The van der Waals surface area contributed by atoms with E-state index in [1.165, 1.54) is 24.0 Å². The van der Waals surface area contributed by atoms with Crippen LogP contribution in [0.4, 0.5) is 5.69 Å². The van der Waals surface area contributed by atoms with Gasteiger partial charge in [0.15, 0.2) is 0 Å². The van der Waals surface area contributed by atoms with Crippen molar-refractivity contribution >= 4 is 5.69 Å². The number of nitrogens with one attached hydrogen (secondary N) is 1. The van der Waals surface area contributed by atoms with Crippen LogP contribution in [0.1, 0.15) is 37.8 Å². The first-order valence-corrected chi connectivity index (χ1v) is 6.33. The first-order valence-electron chi connectivity index (χ1n) is 6.33. The molecule has 0 heterocycles. The highest BCUT2D eigenvalue weighted by atomic mass is 14.9. The molecule has 0 aliphatic heterocycles. The second-order valence-electron chi connectivity index (χ2n) is 4.90. The summed E-state index contributed by atoms with van der Waals surface area (Å²) in [6.45, 7) is 4.49. The average molecular weight is 218 g/mol. The molecule has 2 unspecified atom stereocenters. The molecule has 0 saturated heterocycles. The Morgan fingerprint density at radius 1 is 1.50 bits per heavy atom. The first-order chi connectivity index (χ1) is 7.70. The van der Waals surface area contributed by atoms with Crippen molar-refractivity contribution < 1.29 is 0 Å². The standard InChI is InChI=1S/C14H22N2/c1-3-10(2)16-12-7-8-13-11(9-12)5-4-6-14(13)15/h4-6,10,12,16H,3,7-9,15H2,1-2H3. The van der Waals surface area contributed by atoms with Gasteiger partial charge in [0.1, 0.15) is 0 Å². The molecular weight excluding hydrogens is 196 g/mol. The Morgan fingerprint density at radius 2 is 2.31 bits per heavy atom. The summed E-state index contributed by atoms with van der Waals surface area (Å²) in [5, 5.41) is 3.69. The van der Waals surface area contributed by atoms with Crippen molar-refractivity contribution in [3.63, 3.8) is 0 Å². The van der Waals surface area contributed by atoms with E-state index in [0.29, 0.717) is 12.1 Å². The van der Waals surface area contributed by atoms with Gasteiger partial charge in [-0.25, -0.2) is 0 Å². The summed E-state index contributed by atoms with van der Waals surface area (Å²) in [5.41, 5.74) is 9.78. The number of rotatable bonds is 3. The summed E-state index contributed by atoms with van der Waals surface area (Å²) in [5.74, 6) is 0. The van der Waals surface area contributed by atoms with E-state index in [1.807, 2.05) is 6.07 Å². The van der Waals surface area contributed by atoms with E-state index in [0.717, 1.165) is 18.5 Å². The summed E-state index contributed by atoms with van der Waals surface area (Å²) in [6.07, 6.45) is 4.66. The molecule has 0 bridgehead atoms. The van der Waals surface area contributed by atoms with Gasteiger partial charge in [0.05, 0.1) is 0 Å². The van der Waals surface area contributed by atoms with Crippen LogP contribution in [0.3, 0.4) is 0 Å². The molecule has 3 N–H and O–H groups in total. The fourth-order valence-electron chi connectivity index (χ4n) is 2.50. The fourth-order valence-corrected chi connectivity index (χ4v) is 2.50. The molecule has 2 rings (SSSR count). The van der Waals surface area contributed by atoms with Gasteiger partial charge in [-0.05, 0) is 49.8 Å². The van der Waals surface area contributed by atoms with E-state index in [4.69, 9.17) is 5.73 Å². The molecule has 1 aromatic carbocycles. The van der Waals surface area contributed by atoms with Crippen LogP contribution in [0.5, 0.6) is 0 Å². The zero-order chi connectivity index (χ0) is 11.5. The molecule has 0 aromatic heterocycles. The van der Waals surface area contributed by atoms with Crippen LogP contribution in [0.2, 0.25) is 0 Å². The zero-order valence-electron chi connectivity index (χ0n) is 10.3. The monoisotopic (exact) mass is 218 g/mol. The molecule has 2 nitrogen and oxygen atoms in total. The van der Waals surface area contributed by atoms with E-state index >= 15 is 0 Å². The highest BCUT2D eigenvalue weighted by molar-refractivity contribution is 5.52. The molecular formula is C14H22N2. The molecule has 0 saturated carbocycles. The Bertz CT molecular complexity index is 360. The van der Waals surface area contributed by atoms with Gasteiger partial charge in [-0.1, -0.05) is 19.1 Å². The molecule has 2 heteroatoms. The van der Waals surface area contributed by atoms with Crippen LogP contribution in [0.25, 0.3) is 0 Å². The molecule has 0 spiro atoms. The van der Waals surface area contributed by atoms with Gasteiger partial charge in [-0.3, -0.25) is 0 Å². The van der Waals surface area contributed by atoms with Gasteiger partial charge in [0.25, 0.3) is 0 Å². The minimum atomic E-state index is 0.618. The van der Waals surface area contributed by atoms with Gasteiger partial charge in [-0.2, -0.15) is 0 Å². The van der Waals surface area contributed by atoms with Gasteiger partial charge in [0.2, 0.25) is 0 Å². The third-order valence-electron chi connectivity index (χ3n) is 3.65. The molecule has 0 amide bonds. The molecule has 88 valence electrons. The number of anilines is 1. The quantitative estimate of drug-likeness (QED) is 0.765. The Morgan fingerprint density at radius 3 is 3.06 bits per heavy atom. The van der Waals surface area contributed by atoms with E-state index < -0.39 is 0 Å². The normalized spacial score (nSPS) is 21.5. The van der Waals surface area contributed by atoms with Crippen molar-refractivity contribution in [1.82, 2.24) is 5.32 Å². The third-order valence-corrected chi connectivity index (χ3v) is 3.65. The lowest BCUT2D eigenvalue weighted by atomic mass is 9.87. The van der Waals surface area contributed by atoms with Crippen LogP contribution in [-0.2, 0) is 12.8 Å². The highest BCUT2D eigenvalue weighted by Gasteiger charge is 2.20. The number of hydrogen-bond acceptors (Lipinski definition) is 2. The summed E-state index contributed by atoms with van der Waals surface area (Å²) >= 11 is 0. The lowest BCUT2D eigenvalue weighted by Gasteiger charge is -2.28. The van der Waals surface area contributed by atoms with E-state index in [2.05, 4.69) is 31.3 Å². The van der Waals surface area contributed by atoms with E-state index in [-0.39, 0.29) is 0 Å². The second-order valence-corrected chi connectivity index (χ2v) is 4.90. The Labute approximate surface area is 98.2 Å². The largest absolute Gasteiger partial charge is 0.398 e. The Balaban J connectivity index is 2.06. The van der Waals surface area contributed by atoms with Crippen LogP contribution >= 0.6 is 0 Å². The smallest absolute Gasteiger partial charge is 0.0349 e. The fraction of sp³-hybridized carbons (Fsp3) is 0.571. The van der Waals surface area contributed by atoms with Gasteiger partial charge in [0, 0.05) is 17.8 Å². The SMILES string of the molecule is CCC(C)NC1CCc2c(N)cccc2C1. The average Bonchev–Trinajstić information content (AvgIpc) is 2.29. The van der Waals surface area contributed by atoms with Crippen LogP contribution in [0, 0.1) is 0 Å². The maximum atomic E-state index is 5.99. The van der Waals surface area contributed by atoms with Crippen molar-refractivity contribution in [2.75, 3.05) is 5.73 Å². The molecule has 16 heavy (non-hydrogen) atoms. The molecule has 0 fully saturated rings. The summed E-state index contributed by atoms with van der Waals surface area (Å²) in [6, 6.07) is 7.55. The maximum absolute atomic E-state index is 5.99. The predicted octanol–water partition coefficient (Wildman–Crippen LogP) is 2.51. The van der Waals surface area contributed by atoms with E-state index in [1.54, 1.807) is 0 Å². The summed E-state index contributed by atoms with van der Waals surface area (Å²) < 4.78 is 0. The van der Waals surface area contributed by atoms with Crippen molar-refractivity contribution in [2.45, 2.75) is 51.6 Å². The Hall–Kier alpha value is -1.02. The number of benzene rings is 1. The molecule has 1 aromatic rings. The first kappa shape index (κ1) is 11.5. The highest BCUT2D eigenvalue weighted by Crippen LogP contribution is 2.26. The number of nitrogen functional groups attached to an aromatic ring is 1. The minimum absolute atomic E-state index is 0.618. The predicted molar refractivity (Wildman–Crippen MR) is 69.6 cm³/mol. The van der Waals surface area contributed by atoms with E-state index in [9.17, 15) is 0 Å². The topological polar surface area (TPSA) is 38.0 Å². The molecule has 2 atom stereocenters. The molecule has 1 aliphatic rings. The van der Waals surface area contributed by atoms with Gasteiger partial charge in [-0.15, -0.1) is 0 Å². The maximum Gasteiger partial charge on any atom is 0.0349 e. The van der Waals surface area contributed by atoms with Crippen molar-refractivity contribution in [3.8, 4) is 0 Å². The van der Waals surface area contributed by atoms with Crippen LogP contribution in [-0.4, -0.2) is 12.1 Å². The minimum Gasteiger partial charge on any atom is -0.398 e. The van der Waals surface area contributed by atoms with Gasteiger partial charge < -0.3 is 11.1 Å². The second kappa shape index (κ2) is 4.88. The summed E-state index contributed by atoms with van der Waals surface area (Å²) in [4.78, 5) is 0. The number of hydrogen-bond donors (Lipinski definition) is 2. The third kappa shape index (κ3) is 2.38. The lowest BCUT2D eigenvalue weighted by Crippen LogP contribution is -2.40. The van der Waals surface area contributed by atoms with Crippen molar-refractivity contribution in [3.05, 3.63) is 29.3 Å². The van der Waals surface area contributed by atoms with Gasteiger partial charge >= 0.3 is 0 Å². The van der Waals surface area contributed by atoms with Crippen molar-refractivity contribution in [2.24, 2.45) is 0 Å². The number of nitrogens with two attached hydrogens (primary N) is 1. The van der Waals surface area contributed by atoms with Crippen LogP contribution in [0.15, 0.2) is 18.2 Å². The van der Waals surface area contributed by atoms with Crippen LogP contribution < -0.4 is 11.1 Å². The van der Waals surface area contributed by atoms with Crippen molar-refractivity contribution in [1.29, 1.82) is 0 Å².